The summed E-state index contributed by atoms with van der Waals surface area (Å²) in [4.78, 5) is 4.79. The molecule has 0 saturated carbocycles. The summed E-state index contributed by atoms with van der Waals surface area (Å²) < 4.78 is 51.6. The minimum absolute atomic E-state index is 0.0310. The van der Waals surface area contributed by atoms with Gasteiger partial charge in [0, 0.05) is 28.9 Å². The third-order valence-corrected chi connectivity index (χ3v) is 8.38. The van der Waals surface area contributed by atoms with Crippen LogP contribution in [0.2, 0.25) is 0 Å². The van der Waals surface area contributed by atoms with Crippen LogP contribution in [-0.2, 0) is 15.6 Å². The van der Waals surface area contributed by atoms with Gasteiger partial charge in [-0.2, -0.15) is 0 Å². The molecular formula is C20H19F2NO2S3. The average molecular weight is 440 g/mol. The summed E-state index contributed by atoms with van der Waals surface area (Å²) in [6, 6.07) is 11.3. The van der Waals surface area contributed by atoms with Gasteiger partial charge >= 0.3 is 0 Å². The zero-order valence-electron chi connectivity index (χ0n) is 14.9. The molecule has 1 saturated heterocycles. The molecule has 28 heavy (non-hydrogen) atoms. The van der Waals surface area contributed by atoms with Crippen LogP contribution in [0, 0.1) is 17.6 Å². The van der Waals surface area contributed by atoms with Crippen LogP contribution in [0.5, 0.6) is 0 Å². The molecule has 0 bridgehead atoms. The van der Waals surface area contributed by atoms with Gasteiger partial charge in [-0.05, 0) is 46.5 Å². The van der Waals surface area contributed by atoms with Crippen LogP contribution in [0.25, 0.3) is 0 Å². The number of benzene rings is 1. The number of halogens is 2. The summed E-state index contributed by atoms with van der Waals surface area (Å²) >= 11 is 3.40. The Balaban J connectivity index is 1.40. The molecule has 3 heterocycles. The van der Waals surface area contributed by atoms with E-state index in [1.807, 2.05) is 12.1 Å². The molecule has 0 atom stereocenters. The van der Waals surface area contributed by atoms with Crippen LogP contribution in [0.15, 0.2) is 53.2 Å². The zero-order valence-corrected chi connectivity index (χ0v) is 17.4. The first kappa shape index (κ1) is 19.7. The lowest BCUT2D eigenvalue weighted by Crippen LogP contribution is -2.51. The zero-order chi connectivity index (χ0) is 19.7. The van der Waals surface area contributed by atoms with E-state index in [1.165, 1.54) is 9.75 Å². The van der Waals surface area contributed by atoms with Crippen molar-refractivity contribution in [1.29, 1.82) is 0 Å². The third kappa shape index (κ3) is 4.51. The van der Waals surface area contributed by atoms with Crippen LogP contribution in [0.1, 0.15) is 21.4 Å². The number of sulfone groups is 1. The molecule has 0 amide bonds. The minimum Gasteiger partial charge on any atom is -0.290 e. The van der Waals surface area contributed by atoms with Gasteiger partial charge in [0.2, 0.25) is 0 Å². The Bertz CT molecular complexity index is 973. The van der Waals surface area contributed by atoms with Crippen molar-refractivity contribution in [3.8, 4) is 0 Å². The Morgan fingerprint density at radius 1 is 1.00 bits per heavy atom. The normalized spacial score (nSPS) is 15.8. The Morgan fingerprint density at radius 3 is 2.07 bits per heavy atom. The van der Waals surface area contributed by atoms with Crippen LogP contribution in [0.4, 0.5) is 8.78 Å². The molecule has 0 spiro atoms. The molecule has 1 aliphatic heterocycles. The highest BCUT2D eigenvalue weighted by Gasteiger charge is 2.37. The van der Waals surface area contributed by atoms with Gasteiger partial charge in [-0.1, -0.05) is 12.1 Å². The SMILES string of the molecule is O=S(=O)(Cc1cc(F)cc(F)c1)CC1CN(C(c2cccs2)c2cccs2)C1. The van der Waals surface area contributed by atoms with Gasteiger partial charge in [-0.15, -0.1) is 22.7 Å². The highest BCUT2D eigenvalue weighted by Crippen LogP contribution is 2.38. The van der Waals surface area contributed by atoms with Gasteiger partial charge in [0.1, 0.15) is 11.6 Å². The molecular weight excluding hydrogens is 420 g/mol. The molecule has 1 aromatic carbocycles. The van der Waals surface area contributed by atoms with Crippen molar-refractivity contribution in [2.45, 2.75) is 11.8 Å². The maximum Gasteiger partial charge on any atom is 0.154 e. The average Bonchev–Trinajstić information content (AvgIpc) is 3.25. The van der Waals surface area contributed by atoms with E-state index >= 15 is 0 Å². The van der Waals surface area contributed by atoms with E-state index in [0.717, 1.165) is 18.2 Å². The van der Waals surface area contributed by atoms with Crippen LogP contribution < -0.4 is 0 Å². The monoisotopic (exact) mass is 439 g/mol. The Hall–Kier alpha value is -1.61. The topological polar surface area (TPSA) is 37.4 Å². The number of nitrogens with zero attached hydrogens (tertiary/aromatic N) is 1. The van der Waals surface area contributed by atoms with E-state index in [-0.39, 0.29) is 29.0 Å². The fourth-order valence-electron chi connectivity index (χ4n) is 3.69. The number of hydrogen-bond acceptors (Lipinski definition) is 5. The van der Waals surface area contributed by atoms with Crippen molar-refractivity contribution in [3.63, 3.8) is 0 Å². The summed E-state index contributed by atoms with van der Waals surface area (Å²) in [5.41, 5.74) is 0.156. The molecule has 3 aromatic rings. The highest BCUT2D eigenvalue weighted by molar-refractivity contribution is 7.90. The van der Waals surface area contributed by atoms with Gasteiger partial charge in [-0.25, -0.2) is 17.2 Å². The summed E-state index contributed by atoms with van der Waals surface area (Å²) in [5.74, 6) is -1.78. The summed E-state index contributed by atoms with van der Waals surface area (Å²) in [7, 11) is -3.44. The fraction of sp³-hybridized carbons (Fsp3) is 0.300. The molecule has 4 rings (SSSR count). The van der Waals surface area contributed by atoms with E-state index in [1.54, 1.807) is 22.7 Å². The van der Waals surface area contributed by atoms with Gasteiger partial charge < -0.3 is 0 Å². The summed E-state index contributed by atoms with van der Waals surface area (Å²) in [5, 5.41) is 4.10. The van der Waals surface area contributed by atoms with Gasteiger partial charge in [0.25, 0.3) is 0 Å². The Morgan fingerprint density at radius 2 is 1.57 bits per heavy atom. The first-order valence-corrected chi connectivity index (χ1v) is 12.4. The lowest BCUT2D eigenvalue weighted by Gasteiger charge is -2.43. The molecule has 3 nitrogen and oxygen atoms in total. The fourth-order valence-corrected chi connectivity index (χ4v) is 7.23. The molecule has 0 unspecified atom stereocenters. The molecule has 0 radical (unpaired) electrons. The second kappa shape index (κ2) is 8.02. The van der Waals surface area contributed by atoms with Gasteiger partial charge in [0.05, 0.1) is 17.5 Å². The molecule has 0 aliphatic carbocycles. The molecule has 148 valence electrons. The Labute approximate surface area is 171 Å². The molecule has 1 aliphatic rings. The minimum atomic E-state index is -3.44. The second-order valence-electron chi connectivity index (χ2n) is 7.09. The van der Waals surface area contributed by atoms with Crippen molar-refractivity contribution >= 4 is 32.5 Å². The van der Waals surface area contributed by atoms with Crippen molar-refractivity contribution in [2.75, 3.05) is 18.8 Å². The van der Waals surface area contributed by atoms with Crippen molar-refractivity contribution < 1.29 is 17.2 Å². The third-order valence-electron chi connectivity index (χ3n) is 4.77. The van der Waals surface area contributed by atoms with E-state index in [9.17, 15) is 17.2 Å². The largest absolute Gasteiger partial charge is 0.290 e. The van der Waals surface area contributed by atoms with Crippen molar-refractivity contribution in [2.24, 2.45) is 5.92 Å². The first-order valence-electron chi connectivity index (χ1n) is 8.86. The van der Waals surface area contributed by atoms with Gasteiger partial charge in [-0.3, -0.25) is 4.90 Å². The van der Waals surface area contributed by atoms with E-state index in [0.29, 0.717) is 13.1 Å². The quantitative estimate of drug-likeness (QED) is 0.534. The van der Waals surface area contributed by atoms with E-state index in [2.05, 4.69) is 27.8 Å². The standard InChI is InChI=1S/C20H19F2NO2S3/c21-16-7-14(8-17(22)9-16)12-28(24,25)13-15-10-23(11-15)20(18-3-1-5-26-18)19-4-2-6-27-19/h1-9,15,20H,10-13H2. The molecule has 2 aromatic heterocycles. The highest BCUT2D eigenvalue weighted by atomic mass is 32.2. The number of thiophene rings is 2. The lowest BCUT2D eigenvalue weighted by atomic mass is 9.98. The maximum absolute atomic E-state index is 13.3. The van der Waals surface area contributed by atoms with Crippen molar-refractivity contribution in [1.82, 2.24) is 4.90 Å². The first-order chi connectivity index (χ1) is 13.4. The summed E-state index contributed by atoms with van der Waals surface area (Å²) in [6.45, 7) is 1.38. The van der Waals surface area contributed by atoms with E-state index in [4.69, 9.17) is 0 Å². The van der Waals surface area contributed by atoms with Crippen LogP contribution in [-0.4, -0.2) is 32.2 Å². The summed E-state index contributed by atoms with van der Waals surface area (Å²) in [6.07, 6.45) is 0. The smallest absolute Gasteiger partial charge is 0.154 e. The van der Waals surface area contributed by atoms with Crippen LogP contribution >= 0.6 is 22.7 Å². The lowest BCUT2D eigenvalue weighted by molar-refractivity contribution is 0.0842. The van der Waals surface area contributed by atoms with Crippen molar-refractivity contribution in [3.05, 3.63) is 80.2 Å². The molecule has 0 N–H and O–H groups in total. The maximum atomic E-state index is 13.3. The Kier molecular flexibility index (Phi) is 5.64. The predicted octanol–water partition coefficient (Wildman–Crippen LogP) is 4.72. The van der Waals surface area contributed by atoms with E-state index < -0.39 is 21.5 Å². The predicted molar refractivity (Wildman–Crippen MR) is 109 cm³/mol. The molecule has 1 fully saturated rings. The number of hydrogen-bond donors (Lipinski definition) is 0. The number of likely N-dealkylation sites (tertiary alicyclic amines) is 1. The number of rotatable bonds is 7. The van der Waals surface area contributed by atoms with Crippen LogP contribution in [0.3, 0.4) is 0 Å². The van der Waals surface area contributed by atoms with Gasteiger partial charge in [0.15, 0.2) is 9.84 Å². The molecule has 8 heteroatoms. The second-order valence-corrected chi connectivity index (χ2v) is 11.2.